The van der Waals surface area contributed by atoms with E-state index in [1.165, 1.54) is 6.33 Å². The minimum absolute atomic E-state index is 0.00589. The van der Waals surface area contributed by atoms with Gasteiger partial charge in [-0.15, -0.1) is 0 Å². The zero-order valence-electron chi connectivity index (χ0n) is 16.9. The molecule has 0 unspecified atom stereocenters. The van der Waals surface area contributed by atoms with Crippen LogP contribution in [0.3, 0.4) is 0 Å². The lowest BCUT2D eigenvalue weighted by molar-refractivity contribution is -0.152. The molecular weight excluding hydrogens is 382 g/mol. The van der Waals surface area contributed by atoms with E-state index in [2.05, 4.69) is 20.4 Å². The molecule has 0 bridgehead atoms. The first kappa shape index (κ1) is 19.5. The number of carbonyl (C=O) groups is 2. The van der Waals surface area contributed by atoms with Crippen LogP contribution in [-0.2, 0) is 20.7 Å². The van der Waals surface area contributed by atoms with Gasteiger partial charge in [0.25, 0.3) is 11.7 Å². The van der Waals surface area contributed by atoms with Crippen molar-refractivity contribution in [2.24, 2.45) is 0 Å². The van der Waals surface area contributed by atoms with Gasteiger partial charge in [0.05, 0.1) is 6.42 Å². The van der Waals surface area contributed by atoms with Gasteiger partial charge in [-0.3, -0.25) is 9.59 Å². The van der Waals surface area contributed by atoms with E-state index in [1.54, 1.807) is 18.4 Å². The van der Waals surface area contributed by atoms with Gasteiger partial charge in [-0.05, 0) is 43.7 Å². The van der Waals surface area contributed by atoms with Crippen molar-refractivity contribution in [3.63, 3.8) is 0 Å². The first-order valence-corrected chi connectivity index (χ1v) is 9.57. The van der Waals surface area contributed by atoms with Gasteiger partial charge in [0.1, 0.15) is 6.33 Å². The van der Waals surface area contributed by atoms with Crippen LogP contribution in [0.4, 0.5) is 5.69 Å². The Labute approximate surface area is 172 Å². The van der Waals surface area contributed by atoms with E-state index in [4.69, 9.17) is 4.74 Å². The van der Waals surface area contributed by atoms with Gasteiger partial charge >= 0.3 is 5.97 Å². The molecule has 8 heteroatoms. The second-order valence-electron chi connectivity index (χ2n) is 7.09. The van der Waals surface area contributed by atoms with Crippen LogP contribution in [0, 0.1) is 13.8 Å². The fourth-order valence-corrected chi connectivity index (χ4v) is 3.36. The Kier molecular flexibility index (Phi) is 5.14. The van der Waals surface area contributed by atoms with Crippen molar-refractivity contribution in [2.45, 2.75) is 33.3 Å². The molecule has 0 aliphatic carbocycles. The maximum atomic E-state index is 12.5. The van der Waals surface area contributed by atoms with Crippen LogP contribution in [-0.4, -0.2) is 37.6 Å². The molecule has 1 N–H and O–H groups in total. The molecule has 1 atom stereocenters. The first-order chi connectivity index (χ1) is 14.4. The highest BCUT2D eigenvalue weighted by Gasteiger charge is 2.21. The Morgan fingerprint density at radius 3 is 2.70 bits per heavy atom. The van der Waals surface area contributed by atoms with Crippen LogP contribution in [0.5, 0.6) is 0 Å². The predicted molar refractivity (Wildman–Crippen MR) is 112 cm³/mol. The Morgan fingerprint density at radius 2 is 1.90 bits per heavy atom. The molecule has 0 saturated heterocycles. The molecule has 0 aliphatic rings. The highest BCUT2D eigenvalue weighted by atomic mass is 16.5. The average Bonchev–Trinajstić information content (AvgIpc) is 3.19. The Hall–Kier alpha value is -3.81. The third-order valence-corrected chi connectivity index (χ3v) is 5.00. The summed E-state index contributed by atoms with van der Waals surface area (Å²) in [5, 5.41) is 9.01. The van der Waals surface area contributed by atoms with E-state index in [-0.39, 0.29) is 6.42 Å². The van der Waals surface area contributed by atoms with E-state index in [9.17, 15) is 9.59 Å². The van der Waals surface area contributed by atoms with Crippen LogP contribution in [0.25, 0.3) is 16.6 Å². The third-order valence-electron chi connectivity index (χ3n) is 5.00. The van der Waals surface area contributed by atoms with Gasteiger partial charge < -0.3 is 10.1 Å². The quantitative estimate of drug-likeness (QED) is 0.515. The number of anilines is 1. The van der Waals surface area contributed by atoms with Crippen LogP contribution in [0.1, 0.15) is 23.9 Å². The number of benzene rings is 2. The van der Waals surface area contributed by atoms with Crippen LogP contribution in [0.2, 0.25) is 0 Å². The van der Waals surface area contributed by atoms with Gasteiger partial charge in [0.15, 0.2) is 6.10 Å². The molecule has 152 valence electrons. The maximum absolute atomic E-state index is 12.5. The molecule has 0 fully saturated rings. The first-order valence-electron chi connectivity index (χ1n) is 9.57. The van der Waals surface area contributed by atoms with Gasteiger partial charge in [-0.1, -0.05) is 30.3 Å². The van der Waals surface area contributed by atoms with E-state index in [0.717, 1.165) is 16.5 Å². The van der Waals surface area contributed by atoms with Crippen molar-refractivity contribution in [1.82, 2.24) is 19.6 Å². The standard InChI is InChI=1S/C22H21N5O3/c1-13-19(14(2)27-22(25-13)23-12-24-27)11-20(28)30-15(3)21(29)26-18-9-8-16-6-4-5-7-17(16)10-18/h4-10,12,15H,11H2,1-3H3,(H,26,29)/t15-/m1/s1. The number of ether oxygens (including phenoxy) is 1. The fourth-order valence-electron chi connectivity index (χ4n) is 3.36. The molecule has 2 aromatic heterocycles. The number of rotatable bonds is 5. The predicted octanol–water partition coefficient (Wildman–Crippen LogP) is 3.01. The largest absolute Gasteiger partial charge is 0.452 e. The second kappa shape index (κ2) is 7.90. The summed E-state index contributed by atoms with van der Waals surface area (Å²) in [5.74, 6) is -0.425. The lowest BCUT2D eigenvalue weighted by Gasteiger charge is -2.15. The highest BCUT2D eigenvalue weighted by Crippen LogP contribution is 2.19. The van der Waals surface area contributed by atoms with E-state index in [1.807, 2.05) is 49.4 Å². The summed E-state index contributed by atoms with van der Waals surface area (Å²) in [6.45, 7) is 5.20. The number of amides is 1. The molecular formula is C22H21N5O3. The number of nitrogens with zero attached hydrogens (tertiary/aromatic N) is 4. The fraction of sp³-hybridized carbons (Fsp3) is 0.227. The molecule has 1 amide bonds. The monoisotopic (exact) mass is 403 g/mol. The molecule has 0 aliphatic heterocycles. The number of fused-ring (bicyclic) bond motifs is 2. The van der Waals surface area contributed by atoms with E-state index >= 15 is 0 Å². The minimum Gasteiger partial charge on any atom is -0.452 e. The van der Waals surface area contributed by atoms with Crippen LogP contribution >= 0.6 is 0 Å². The van der Waals surface area contributed by atoms with Crippen molar-refractivity contribution in [3.05, 3.63) is 65.7 Å². The van der Waals surface area contributed by atoms with Crippen LogP contribution in [0.15, 0.2) is 48.8 Å². The molecule has 30 heavy (non-hydrogen) atoms. The molecule has 2 heterocycles. The second-order valence-corrected chi connectivity index (χ2v) is 7.09. The Balaban J connectivity index is 1.42. The summed E-state index contributed by atoms with van der Waals surface area (Å²) in [6, 6.07) is 13.5. The Morgan fingerprint density at radius 1 is 1.13 bits per heavy atom. The summed E-state index contributed by atoms with van der Waals surface area (Å²) in [7, 11) is 0. The smallest absolute Gasteiger partial charge is 0.311 e. The summed E-state index contributed by atoms with van der Waals surface area (Å²) in [4.78, 5) is 33.4. The van der Waals surface area contributed by atoms with Gasteiger partial charge in [0.2, 0.25) is 0 Å². The van der Waals surface area contributed by atoms with E-state index < -0.39 is 18.0 Å². The van der Waals surface area contributed by atoms with Crippen molar-refractivity contribution >= 4 is 34.1 Å². The highest BCUT2D eigenvalue weighted by molar-refractivity contribution is 5.97. The average molecular weight is 403 g/mol. The number of hydrogen-bond donors (Lipinski definition) is 1. The van der Waals surface area contributed by atoms with Gasteiger partial charge in [-0.25, -0.2) is 9.50 Å². The number of aromatic nitrogens is 4. The molecule has 8 nitrogen and oxygen atoms in total. The topological polar surface area (TPSA) is 98.5 Å². The summed E-state index contributed by atoms with van der Waals surface area (Å²) >= 11 is 0. The van der Waals surface area contributed by atoms with Gasteiger partial charge in [-0.2, -0.15) is 10.1 Å². The summed E-state index contributed by atoms with van der Waals surface area (Å²) < 4.78 is 6.93. The molecule has 4 rings (SSSR count). The van der Waals surface area contributed by atoms with Gasteiger partial charge in [0, 0.05) is 22.6 Å². The van der Waals surface area contributed by atoms with Crippen molar-refractivity contribution in [1.29, 1.82) is 0 Å². The number of esters is 1. The summed E-state index contributed by atoms with van der Waals surface area (Å²) in [6.07, 6.45) is 0.470. The molecule has 0 radical (unpaired) electrons. The zero-order chi connectivity index (χ0) is 21.3. The minimum atomic E-state index is -0.937. The third kappa shape index (κ3) is 3.84. The van der Waals surface area contributed by atoms with Crippen molar-refractivity contribution < 1.29 is 14.3 Å². The van der Waals surface area contributed by atoms with Crippen molar-refractivity contribution in [3.8, 4) is 0 Å². The summed E-state index contributed by atoms with van der Waals surface area (Å²) in [5.41, 5.74) is 2.80. The zero-order valence-corrected chi connectivity index (χ0v) is 16.9. The number of nitrogens with one attached hydrogen (secondary N) is 1. The van der Waals surface area contributed by atoms with Crippen LogP contribution < -0.4 is 5.32 Å². The number of aryl methyl sites for hydroxylation is 2. The molecule has 4 aromatic rings. The molecule has 2 aromatic carbocycles. The van der Waals surface area contributed by atoms with E-state index in [0.29, 0.717) is 22.7 Å². The lowest BCUT2D eigenvalue weighted by Crippen LogP contribution is -2.30. The number of hydrogen-bond acceptors (Lipinski definition) is 6. The van der Waals surface area contributed by atoms with Crippen molar-refractivity contribution in [2.75, 3.05) is 5.32 Å². The molecule has 0 saturated carbocycles. The number of carbonyl (C=O) groups excluding carboxylic acids is 2. The SMILES string of the molecule is Cc1nc2ncnn2c(C)c1CC(=O)O[C@H](C)C(=O)Nc1ccc2ccccc2c1. The maximum Gasteiger partial charge on any atom is 0.311 e. The molecule has 0 spiro atoms. The lowest BCUT2D eigenvalue weighted by atomic mass is 10.1. The normalized spacial score (nSPS) is 12.1. The Bertz CT molecular complexity index is 1260.